The van der Waals surface area contributed by atoms with Crippen LogP contribution in [0.1, 0.15) is 0 Å². The first kappa shape index (κ1) is 9.97. The van der Waals surface area contributed by atoms with Crippen LogP contribution < -0.4 is 5.56 Å². The molecule has 15 heavy (non-hydrogen) atoms. The summed E-state index contributed by atoms with van der Waals surface area (Å²) in [5.41, 5.74) is -0.242. The van der Waals surface area contributed by atoms with Gasteiger partial charge in [-0.1, -0.05) is 12.1 Å². The Morgan fingerprint density at radius 1 is 1.33 bits per heavy atom. The number of hydrogen-bond donors (Lipinski definition) is 0. The van der Waals surface area contributed by atoms with Crippen molar-refractivity contribution in [1.82, 2.24) is 14.8 Å². The summed E-state index contributed by atoms with van der Waals surface area (Å²) in [4.78, 5) is 14.5. The van der Waals surface area contributed by atoms with E-state index in [2.05, 4.69) is 26.0 Å². The highest BCUT2D eigenvalue weighted by atomic mass is 79.9. The fourth-order valence-corrected chi connectivity index (χ4v) is 1.35. The highest BCUT2D eigenvalue weighted by Crippen LogP contribution is 2.10. The minimum absolute atomic E-state index is 0.0493. The van der Waals surface area contributed by atoms with Crippen molar-refractivity contribution in [1.29, 1.82) is 0 Å². The predicted molar refractivity (Wildman–Crippen MR) is 55.3 cm³/mol. The average molecular weight is 270 g/mol. The van der Waals surface area contributed by atoms with Crippen LogP contribution in [0.5, 0.6) is 0 Å². The first-order valence-corrected chi connectivity index (χ1v) is 4.84. The Balaban J connectivity index is 2.60. The van der Waals surface area contributed by atoms with E-state index < -0.39 is 11.4 Å². The molecule has 2 rings (SSSR count). The van der Waals surface area contributed by atoms with Gasteiger partial charge in [0.15, 0.2) is 4.60 Å². The maximum atomic E-state index is 13.3. The Bertz CT molecular complexity index is 555. The van der Waals surface area contributed by atoms with Crippen LogP contribution in [0.2, 0.25) is 0 Å². The summed E-state index contributed by atoms with van der Waals surface area (Å²) in [6.45, 7) is 0. The first-order valence-electron chi connectivity index (χ1n) is 4.05. The summed E-state index contributed by atoms with van der Waals surface area (Å²) in [5, 5.41) is 3.82. The smallest absolute Gasteiger partial charge is 0.264 e. The number of para-hydroxylation sites is 1. The topological polar surface area (TPSA) is 47.8 Å². The highest BCUT2D eigenvalue weighted by molar-refractivity contribution is 9.10. The number of halogens is 2. The summed E-state index contributed by atoms with van der Waals surface area (Å²) in [5.74, 6) is -0.428. The van der Waals surface area contributed by atoms with Gasteiger partial charge in [-0.25, -0.2) is 9.07 Å². The van der Waals surface area contributed by atoms with Gasteiger partial charge in [0.2, 0.25) is 0 Å². The molecule has 0 aliphatic heterocycles. The lowest BCUT2D eigenvalue weighted by Crippen LogP contribution is -2.15. The summed E-state index contributed by atoms with van der Waals surface area (Å²) >= 11 is 2.94. The molecule has 0 saturated heterocycles. The van der Waals surface area contributed by atoms with E-state index in [9.17, 15) is 9.18 Å². The largest absolute Gasteiger partial charge is 0.306 e. The van der Waals surface area contributed by atoms with Crippen LogP contribution in [0.3, 0.4) is 0 Å². The molecule has 0 radical (unpaired) electrons. The van der Waals surface area contributed by atoms with E-state index >= 15 is 0 Å². The molecule has 0 N–H and O–H groups in total. The van der Waals surface area contributed by atoms with Gasteiger partial charge in [-0.15, -0.1) is 0 Å². The molecule has 1 aromatic carbocycles. The van der Waals surface area contributed by atoms with Crippen LogP contribution in [-0.4, -0.2) is 14.8 Å². The molecule has 1 heterocycles. The Labute approximate surface area is 92.5 Å². The zero-order valence-corrected chi connectivity index (χ0v) is 8.98. The van der Waals surface area contributed by atoms with Crippen molar-refractivity contribution in [3.05, 3.63) is 51.4 Å². The predicted octanol–water partition coefficient (Wildman–Crippen LogP) is 1.53. The van der Waals surface area contributed by atoms with Crippen molar-refractivity contribution in [2.45, 2.75) is 0 Å². The fraction of sp³-hybridized carbons (Fsp3) is 0. The SMILES string of the molecule is O=c1ncn(-c2ccccc2F)nc1Br. The molecule has 0 aliphatic carbocycles. The molecule has 1 aromatic heterocycles. The van der Waals surface area contributed by atoms with E-state index in [-0.39, 0.29) is 10.3 Å². The molecule has 0 aliphatic rings. The molecule has 4 nitrogen and oxygen atoms in total. The van der Waals surface area contributed by atoms with Crippen LogP contribution in [-0.2, 0) is 0 Å². The lowest BCUT2D eigenvalue weighted by molar-refractivity contribution is 0.604. The van der Waals surface area contributed by atoms with Crippen LogP contribution >= 0.6 is 15.9 Å². The third-order valence-corrected chi connectivity index (χ3v) is 2.25. The quantitative estimate of drug-likeness (QED) is 0.789. The Kier molecular flexibility index (Phi) is 2.59. The fourth-order valence-electron chi connectivity index (χ4n) is 1.08. The number of benzene rings is 1. The summed E-state index contributed by atoms with van der Waals surface area (Å²) in [7, 11) is 0. The first-order chi connectivity index (χ1) is 7.18. The van der Waals surface area contributed by atoms with Crippen LogP contribution in [0.25, 0.3) is 5.69 Å². The third kappa shape index (κ3) is 1.94. The molecule has 0 atom stereocenters. The Morgan fingerprint density at radius 3 is 2.73 bits per heavy atom. The van der Waals surface area contributed by atoms with E-state index in [1.807, 2.05) is 0 Å². The van der Waals surface area contributed by atoms with Gasteiger partial charge in [-0.2, -0.15) is 10.1 Å². The Hall–Kier alpha value is -1.56. The lowest BCUT2D eigenvalue weighted by atomic mass is 10.3. The molecule has 76 valence electrons. The molecule has 6 heteroatoms. The van der Waals surface area contributed by atoms with Crippen molar-refractivity contribution >= 4 is 15.9 Å². The summed E-state index contributed by atoms with van der Waals surface area (Å²) in [6.07, 6.45) is 1.17. The van der Waals surface area contributed by atoms with Crippen molar-refractivity contribution in [3.8, 4) is 5.69 Å². The van der Waals surface area contributed by atoms with Crippen LogP contribution in [0.15, 0.2) is 40.0 Å². The van der Waals surface area contributed by atoms with Gasteiger partial charge in [0.05, 0.1) is 0 Å². The van der Waals surface area contributed by atoms with Gasteiger partial charge < -0.3 is 0 Å². The molecule has 0 spiro atoms. The van der Waals surface area contributed by atoms with E-state index in [0.29, 0.717) is 0 Å². The molecular weight excluding hydrogens is 265 g/mol. The molecule has 2 aromatic rings. The van der Waals surface area contributed by atoms with Crippen LogP contribution in [0.4, 0.5) is 4.39 Å². The zero-order chi connectivity index (χ0) is 10.8. The molecule has 0 amide bonds. The second kappa shape index (κ2) is 3.90. The minimum atomic E-state index is -0.484. The number of aromatic nitrogens is 3. The monoisotopic (exact) mass is 269 g/mol. The molecule has 0 saturated carbocycles. The van der Waals surface area contributed by atoms with E-state index in [0.717, 1.165) is 0 Å². The van der Waals surface area contributed by atoms with Gasteiger partial charge >= 0.3 is 5.56 Å². The third-order valence-electron chi connectivity index (χ3n) is 1.76. The van der Waals surface area contributed by atoms with Crippen molar-refractivity contribution in [3.63, 3.8) is 0 Å². The van der Waals surface area contributed by atoms with Crippen LogP contribution in [0, 0.1) is 5.82 Å². The van der Waals surface area contributed by atoms with E-state index in [4.69, 9.17) is 0 Å². The zero-order valence-electron chi connectivity index (χ0n) is 7.39. The summed E-state index contributed by atoms with van der Waals surface area (Å²) < 4.78 is 14.6. The second-order valence-corrected chi connectivity index (χ2v) is 3.49. The summed E-state index contributed by atoms with van der Waals surface area (Å²) in [6, 6.07) is 6.10. The van der Waals surface area contributed by atoms with Gasteiger partial charge in [-0.05, 0) is 28.1 Å². The van der Waals surface area contributed by atoms with Crippen molar-refractivity contribution in [2.75, 3.05) is 0 Å². The van der Waals surface area contributed by atoms with E-state index in [1.54, 1.807) is 18.2 Å². The normalized spacial score (nSPS) is 10.3. The number of nitrogens with zero attached hydrogens (tertiary/aromatic N) is 3. The van der Waals surface area contributed by atoms with Gasteiger partial charge in [-0.3, -0.25) is 4.79 Å². The minimum Gasteiger partial charge on any atom is -0.264 e. The van der Waals surface area contributed by atoms with Gasteiger partial charge in [0, 0.05) is 0 Å². The lowest BCUT2D eigenvalue weighted by Gasteiger charge is -2.04. The van der Waals surface area contributed by atoms with Gasteiger partial charge in [0.1, 0.15) is 17.8 Å². The maximum Gasteiger partial charge on any atom is 0.306 e. The number of hydrogen-bond acceptors (Lipinski definition) is 3. The maximum absolute atomic E-state index is 13.3. The highest BCUT2D eigenvalue weighted by Gasteiger charge is 2.05. The van der Waals surface area contributed by atoms with E-state index in [1.165, 1.54) is 17.1 Å². The number of rotatable bonds is 1. The van der Waals surface area contributed by atoms with Gasteiger partial charge in [0.25, 0.3) is 0 Å². The standard InChI is InChI=1S/C9H5BrFN3O/c10-8-9(15)12-5-14(13-8)7-4-2-1-3-6(7)11/h1-5H. The van der Waals surface area contributed by atoms with Crippen molar-refractivity contribution in [2.24, 2.45) is 0 Å². The molecule has 0 fully saturated rings. The second-order valence-electron chi connectivity index (χ2n) is 2.74. The average Bonchev–Trinajstić information content (AvgIpc) is 2.23. The van der Waals surface area contributed by atoms with Crippen molar-refractivity contribution < 1.29 is 4.39 Å². The molecule has 0 unspecified atom stereocenters. The Morgan fingerprint density at radius 2 is 2.07 bits per heavy atom. The molecular formula is C9H5BrFN3O. The molecule has 0 bridgehead atoms.